The van der Waals surface area contributed by atoms with E-state index in [0.29, 0.717) is 44.2 Å². The Morgan fingerprint density at radius 2 is 1.51 bits per heavy atom. The molecule has 1 amide bonds. The van der Waals surface area contributed by atoms with Gasteiger partial charge in [0.1, 0.15) is 18.1 Å². The number of aliphatic hydroxyl groups excluding tert-OH is 1. The molecule has 0 aromatic heterocycles. The third-order valence-electron chi connectivity index (χ3n) is 6.79. The number of Topliss-reactive ketones (excluding diaryl/α,β-unsaturated/α-hetero) is 1. The molecular formula is C30H30N2O5. The van der Waals surface area contributed by atoms with Gasteiger partial charge in [0, 0.05) is 31.7 Å². The zero-order valence-electron chi connectivity index (χ0n) is 20.6. The van der Waals surface area contributed by atoms with Crippen LogP contribution in [0.5, 0.6) is 5.75 Å². The molecule has 2 heterocycles. The summed E-state index contributed by atoms with van der Waals surface area (Å²) in [5, 5.41) is 11.3. The number of morpholine rings is 1. The van der Waals surface area contributed by atoms with E-state index in [1.165, 1.54) is 0 Å². The largest absolute Gasteiger partial charge is 0.507 e. The summed E-state index contributed by atoms with van der Waals surface area (Å²) < 4.78 is 11.3. The van der Waals surface area contributed by atoms with E-state index in [1.807, 2.05) is 60.7 Å². The third kappa shape index (κ3) is 5.58. The number of hydrogen-bond acceptors (Lipinski definition) is 6. The van der Waals surface area contributed by atoms with Gasteiger partial charge < -0.3 is 19.5 Å². The molecular weight excluding hydrogens is 468 g/mol. The minimum atomic E-state index is -0.669. The van der Waals surface area contributed by atoms with Gasteiger partial charge in [-0.05, 0) is 35.4 Å². The third-order valence-corrected chi connectivity index (χ3v) is 6.79. The molecule has 3 aromatic carbocycles. The van der Waals surface area contributed by atoms with Crippen molar-refractivity contribution >= 4 is 17.4 Å². The van der Waals surface area contributed by atoms with Crippen LogP contribution in [-0.2, 0) is 20.9 Å². The number of ether oxygens (including phenoxy) is 2. The summed E-state index contributed by atoms with van der Waals surface area (Å²) in [5.41, 5.74) is 2.40. The Kier molecular flexibility index (Phi) is 7.63. The van der Waals surface area contributed by atoms with Crippen LogP contribution in [-0.4, -0.2) is 66.0 Å². The molecule has 1 atom stereocenters. The number of amides is 1. The van der Waals surface area contributed by atoms with E-state index >= 15 is 0 Å². The Hall–Kier alpha value is -3.94. The normalized spacial score (nSPS) is 19.8. The highest BCUT2D eigenvalue weighted by atomic mass is 16.5. The molecule has 2 fully saturated rings. The highest BCUT2D eigenvalue weighted by Crippen LogP contribution is 2.39. The highest BCUT2D eigenvalue weighted by Gasteiger charge is 2.45. The second-order valence-corrected chi connectivity index (χ2v) is 9.16. The molecule has 2 saturated heterocycles. The number of aliphatic hydroxyl groups is 1. The molecule has 7 heteroatoms. The van der Waals surface area contributed by atoms with E-state index in [2.05, 4.69) is 4.90 Å². The first-order valence-electron chi connectivity index (χ1n) is 12.5. The zero-order chi connectivity index (χ0) is 25.6. The molecule has 5 rings (SSSR count). The quantitative estimate of drug-likeness (QED) is 0.287. The van der Waals surface area contributed by atoms with E-state index in [1.54, 1.807) is 29.2 Å². The lowest BCUT2D eigenvalue weighted by Gasteiger charge is -2.31. The topological polar surface area (TPSA) is 79.3 Å². The van der Waals surface area contributed by atoms with Crippen LogP contribution in [0, 0.1) is 0 Å². The molecule has 2 aliphatic heterocycles. The van der Waals surface area contributed by atoms with Gasteiger partial charge >= 0.3 is 0 Å². The summed E-state index contributed by atoms with van der Waals surface area (Å²) in [7, 11) is 0. The van der Waals surface area contributed by atoms with Crippen molar-refractivity contribution in [3.63, 3.8) is 0 Å². The van der Waals surface area contributed by atoms with Crippen LogP contribution < -0.4 is 4.74 Å². The Bertz CT molecular complexity index is 1250. The number of carbonyl (C=O) groups excluding carboxylic acids is 2. The maximum Gasteiger partial charge on any atom is 0.295 e. The molecule has 0 spiro atoms. The van der Waals surface area contributed by atoms with Crippen molar-refractivity contribution in [2.24, 2.45) is 0 Å². The number of hydrogen-bond donors (Lipinski definition) is 1. The summed E-state index contributed by atoms with van der Waals surface area (Å²) in [5.74, 6) is -0.800. The second-order valence-electron chi connectivity index (χ2n) is 9.16. The molecule has 0 bridgehead atoms. The van der Waals surface area contributed by atoms with Gasteiger partial charge in [-0.1, -0.05) is 60.7 Å². The maximum atomic E-state index is 13.2. The van der Waals surface area contributed by atoms with Crippen LogP contribution in [0.25, 0.3) is 5.76 Å². The van der Waals surface area contributed by atoms with Crippen molar-refractivity contribution in [1.29, 1.82) is 0 Å². The molecule has 0 saturated carbocycles. The average Bonchev–Trinajstić information content (AvgIpc) is 3.21. The number of benzene rings is 3. The van der Waals surface area contributed by atoms with Crippen LogP contribution in [0.2, 0.25) is 0 Å². The van der Waals surface area contributed by atoms with E-state index in [4.69, 9.17) is 9.47 Å². The summed E-state index contributed by atoms with van der Waals surface area (Å²) >= 11 is 0. The van der Waals surface area contributed by atoms with Crippen LogP contribution in [0.3, 0.4) is 0 Å². The smallest absolute Gasteiger partial charge is 0.295 e. The van der Waals surface area contributed by atoms with Crippen molar-refractivity contribution in [2.75, 3.05) is 39.4 Å². The first-order valence-corrected chi connectivity index (χ1v) is 12.5. The lowest BCUT2D eigenvalue weighted by atomic mass is 9.95. The van der Waals surface area contributed by atoms with Crippen molar-refractivity contribution in [1.82, 2.24) is 9.80 Å². The van der Waals surface area contributed by atoms with E-state index in [-0.39, 0.29) is 11.3 Å². The van der Waals surface area contributed by atoms with Gasteiger partial charge in [0.05, 0.1) is 24.8 Å². The van der Waals surface area contributed by atoms with Crippen LogP contribution >= 0.6 is 0 Å². The molecule has 37 heavy (non-hydrogen) atoms. The molecule has 2 aliphatic rings. The van der Waals surface area contributed by atoms with Gasteiger partial charge in [-0.3, -0.25) is 14.5 Å². The molecule has 3 aromatic rings. The fraction of sp³-hybridized carbons (Fsp3) is 0.267. The minimum absolute atomic E-state index is 0.108. The molecule has 0 aliphatic carbocycles. The fourth-order valence-corrected chi connectivity index (χ4v) is 4.77. The Labute approximate surface area is 216 Å². The number of nitrogens with zero attached hydrogens (tertiary/aromatic N) is 2. The Balaban J connectivity index is 1.40. The van der Waals surface area contributed by atoms with Crippen molar-refractivity contribution in [2.45, 2.75) is 12.6 Å². The van der Waals surface area contributed by atoms with E-state index in [0.717, 1.165) is 24.2 Å². The van der Waals surface area contributed by atoms with Crippen LogP contribution in [0.4, 0.5) is 0 Å². The molecule has 0 radical (unpaired) electrons. The Morgan fingerprint density at radius 3 is 2.19 bits per heavy atom. The number of likely N-dealkylation sites (tertiary alicyclic amines) is 1. The predicted molar refractivity (Wildman–Crippen MR) is 140 cm³/mol. The first-order chi connectivity index (χ1) is 18.1. The maximum absolute atomic E-state index is 13.2. The van der Waals surface area contributed by atoms with Gasteiger partial charge in [0.2, 0.25) is 0 Å². The van der Waals surface area contributed by atoms with Crippen molar-refractivity contribution in [3.8, 4) is 5.75 Å². The van der Waals surface area contributed by atoms with E-state index in [9.17, 15) is 14.7 Å². The predicted octanol–water partition coefficient (Wildman–Crippen LogP) is 4.02. The molecule has 0 unspecified atom stereocenters. The number of ketones is 1. The average molecular weight is 499 g/mol. The van der Waals surface area contributed by atoms with Crippen LogP contribution in [0.15, 0.2) is 90.5 Å². The van der Waals surface area contributed by atoms with Gasteiger partial charge in [-0.15, -0.1) is 0 Å². The summed E-state index contributed by atoms with van der Waals surface area (Å²) in [6, 6.07) is 25.5. The van der Waals surface area contributed by atoms with Crippen molar-refractivity contribution in [3.05, 3.63) is 107 Å². The highest BCUT2D eigenvalue weighted by molar-refractivity contribution is 6.46. The molecule has 190 valence electrons. The summed E-state index contributed by atoms with van der Waals surface area (Å²) in [4.78, 5) is 30.2. The van der Waals surface area contributed by atoms with E-state index < -0.39 is 17.7 Å². The fourth-order valence-electron chi connectivity index (χ4n) is 4.77. The number of carbonyl (C=O) groups is 2. The Morgan fingerprint density at radius 1 is 0.865 bits per heavy atom. The van der Waals surface area contributed by atoms with Gasteiger partial charge in [0.15, 0.2) is 0 Å². The first kappa shape index (κ1) is 24.7. The van der Waals surface area contributed by atoms with Gasteiger partial charge in [-0.25, -0.2) is 0 Å². The zero-order valence-corrected chi connectivity index (χ0v) is 20.6. The van der Waals surface area contributed by atoms with Crippen molar-refractivity contribution < 1.29 is 24.2 Å². The van der Waals surface area contributed by atoms with Gasteiger partial charge in [0.25, 0.3) is 11.7 Å². The lowest BCUT2D eigenvalue weighted by Crippen LogP contribution is -2.42. The minimum Gasteiger partial charge on any atom is -0.507 e. The standard InChI is InChI=1S/C30H30N2O5/c33-28(24-11-13-25(14-12-24)37-21-22-7-3-1-4-8-22)26-27(23-9-5-2-6-10-23)32(30(35)29(26)34)16-15-31-17-19-36-20-18-31/h1-14,27,33H,15-21H2/b28-26+/t27-/m0/s1. The second kappa shape index (κ2) is 11.4. The monoisotopic (exact) mass is 498 g/mol. The SMILES string of the molecule is O=C1C(=O)N(CCN2CCOCC2)[C@@H](c2ccccc2)/C1=C(\O)c1ccc(OCc2ccccc2)cc1. The van der Waals surface area contributed by atoms with Gasteiger partial charge in [-0.2, -0.15) is 0 Å². The molecule has 7 nitrogen and oxygen atoms in total. The summed E-state index contributed by atoms with van der Waals surface area (Å²) in [6.07, 6.45) is 0. The number of rotatable bonds is 8. The lowest BCUT2D eigenvalue weighted by molar-refractivity contribution is -0.140. The van der Waals surface area contributed by atoms with Crippen LogP contribution in [0.1, 0.15) is 22.7 Å². The molecule has 1 N–H and O–H groups in total. The summed E-state index contributed by atoms with van der Waals surface area (Å²) in [6.45, 7) is 4.34.